The maximum atomic E-state index is 12.6. The van der Waals surface area contributed by atoms with Crippen LogP contribution >= 0.6 is 0 Å². The first-order valence-electron chi connectivity index (χ1n) is 6.83. The van der Waals surface area contributed by atoms with Crippen LogP contribution in [0.25, 0.3) is 0 Å². The maximum Gasteiger partial charge on any atom is 0.406 e. The number of carbonyl (C=O) groups is 1. The Morgan fingerprint density at radius 1 is 1.38 bits per heavy atom. The molecule has 4 nitrogen and oxygen atoms in total. The molecule has 1 aromatic heterocycles. The Bertz CT molecular complexity index is 475. The van der Waals surface area contributed by atoms with Crippen molar-refractivity contribution in [1.29, 1.82) is 0 Å². The topological polar surface area (TPSA) is 45.2 Å². The zero-order valence-electron chi connectivity index (χ0n) is 12.4. The first-order valence-corrected chi connectivity index (χ1v) is 6.83. The molecule has 0 aliphatic heterocycles. The first kappa shape index (κ1) is 17.3. The van der Waals surface area contributed by atoms with Gasteiger partial charge in [-0.05, 0) is 32.4 Å². The van der Waals surface area contributed by atoms with Crippen molar-refractivity contribution in [3.05, 3.63) is 23.9 Å². The van der Waals surface area contributed by atoms with Gasteiger partial charge in [-0.15, -0.1) is 0 Å². The summed E-state index contributed by atoms with van der Waals surface area (Å²) in [7, 11) is 0. The van der Waals surface area contributed by atoms with E-state index in [0.717, 1.165) is 11.3 Å². The number of hydrogen-bond donors (Lipinski definition) is 1. The number of alkyl halides is 3. The molecule has 118 valence electrons. The fourth-order valence-electron chi connectivity index (χ4n) is 1.73. The average Bonchev–Trinajstić information content (AvgIpc) is 2.41. The summed E-state index contributed by atoms with van der Waals surface area (Å²) in [6.07, 6.45) is -3.55. The van der Waals surface area contributed by atoms with Crippen molar-refractivity contribution in [2.45, 2.75) is 39.4 Å². The number of nitrogens with one attached hydrogen (secondary N) is 1. The minimum atomic E-state index is -4.43. The zero-order chi connectivity index (χ0) is 16.0. The van der Waals surface area contributed by atoms with Gasteiger partial charge in [0.05, 0.1) is 0 Å². The molecule has 1 aromatic rings. The number of aromatic nitrogens is 1. The van der Waals surface area contributed by atoms with Crippen molar-refractivity contribution < 1.29 is 18.0 Å². The normalized spacial score (nSPS) is 11.6. The van der Waals surface area contributed by atoms with Gasteiger partial charge in [0.25, 0.3) is 5.91 Å². The lowest BCUT2D eigenvalue weighted by Gasteiger charge is -2.27. The molecule has 1 N–H and O–H groups in total. The molecular weight excluding hydrogens is 283 g/mol. The van der Waals surface area contributed by atoms with Gasteiger partial charge >= 0.3 is 6.18 Å². The lowest BCUT2D eigenvalue weighted by molar-refractivity contribution is -0.143. The van der Waals surface area contributed by atoms with E-state index in [1.54, 1.807) is 26.0 Å². The molecule has 0 aromatic carbocycles. The van der Waals surface area contributed by atoms with Crippen LogP contribution in [0.2, 0.25) is 0 Å². The Hall–Kier alpha value is -1.79. The highest BCUT2D eigenvalue weighted by molar-refractivity contribution is 5.92. The number of hydrogen-bond acceptors (Lipinski definition) is 3. The van der Waals surface area contributed by atoms with Crippen LogP contribution in [0.3, 0.4) is 0 Å². The number of anilines is 1. The molecule has 0 spiro atoms. The van der Waals surface area contributed by atoms with E-state index >= 15 is 0 Å². The molecule has 7 heteroatoms. The van der Waals surface area contributed by atoms with Crippen molar-refractivity contribution in [2.24, 2.45) is 0 Å². The van der Waals surface area contributed by atoms with Gasteiger partial charge in [0, 0.05) is 12.6 Å². The predicted molar refractivity (Wildman–Crippen MR) is 75.2 cm³/mol. The van der Waals surface area contributed by atoms with Gasteiger partial charge in [0.1, 0.15) is 18.1 Å². The largest absolute Gasteiger partial charge is 0.406 e. The molecule has 0 bridgehead atoms. The quantitative estimate of drug-likeness (QED) is 0.877. The van der Waals surface area contributed by atoms with Crippen LogP contribution in [0.1, 0.15) is 37.7 Å². The smallest absolute Gasteiger partial charge is 0.370 e. The van der Waals surface area contributed by atoms with Crippen molar-refractivity contribution in [3.63, 3.8) is 0 Å². The van der Waals surface area contributed by atoms with Crippen molar-refractivity contribution >= 4 is 11.7 Å². The Kier molecular flexibility index (Phi) is 5.99. The van der Waals surface area contributed by atoms with Crippen LogP contribution in [0.15, 0.2) is 18.2 Å². The molecule has 0 fully saturated rings. The van der Waals surface area contributed by atoms with Crippen LogP contribution in [0.5, 0.6) is 0 Å². The second-order valence-corrected chi connectivity index (χ2v) is 4.98. The van der Waals surface area contributed by atoms with E-state index in [-0.39, 0.29) is 5.69 Å². The van der Waals surface area contributed by atoms with Crippen LogP contribution in [-0.4, -0.2) is 41.1 Å². The SMILES string of the molecule is CCCNc1cccc(C(=O)N(CC(F)(F)F)C(C)C)n1. The number of nitrogens with zero attached hydrogens (tertiary/aromatic N) is 2. The Balaban J connectivity index is 2.93. The van der Waals surface area contributed by atoms with E-state index < -0.39 is 24.7 Å². The van der Waals surface area contributed by atoms with Crippen LogP contribution in [-0.2, 0) is 0 Å². The Morgan fingerprint density at radius 2 is 2.05 bits per heavy atom. The van der Waals surface area contributed by atoms with E-state index in [1.807, 2.05) is 6.92 Å². The first-order chi connectivity index (χ1) is 9.74. The third kappa shape index (κ3) is 5.61. The number of rotatable bonds is 6. The average molecular weight is 303 g/mol. The summed E-state index contributed by atoms with van der Waals surface area (Å²) in [6, 6.07) is 4.14. The van der Waals surface area contributed by atoms with E-state index in [0.29, 0.717) is 12.4 Å². The van der Waals surface area contributed by atoms with Gasteiger partial charge in [-0.1, -0.05) is 13.0 Å². The van der Waals surface area contributed by atoms with Gasteiger partial charge in [0.2, 0.25) is 0 Å². The van der Waals surface area contributed by atoms with Crippen molar-refractivity contribution in [3.8, 4) is 0 Å². The summed E-state index contributed by atoms with van der Waals surface area (Å²) < 4.78 is 37.7. The highest BCUT2D eigenvalue weighted by Crippen LogP contribution is 2.20. The minimum absolute atomic E-state index is 0.00838. The predicted octanol–water partition coefficient (Wildman–Crippen LogP) is 3.32. The Morgan fingerprint density at radius 3 is 2.57 bits per heavy atom. The second-order valence-electron chi connectivity index (χ2n) is 4.98. The van der Waals surface area contributed by atoms with Gasteiger partial charge < -0.3 is 10.2 Å². The second kappa shape index (κ2) is 7.28. The summed E-state index contributed by atoms with van der Waals surface area (Å²) in [5.74, 6) is -0.235. The fourth-order valence-corrected chi connectivity index (χ4v) is 1.73. The number of carbonyl (C=O) groups excluding carboxylic acids is 1. The maximum absolute atomic E-state index is 12.6. The lowest BCUT2D eigenvalue weighted by atomic mass is 10.2. The monoisotopic (exact) mass is 303 g/mol. The van der Waals surface area contributed by atoms with Gasteiger partial charge in [0.15, 0.2) is 0 Å². The highest BCUT2D eigenvalue weighted by atomic mass is 19.4. The summed E-state index contributed by atoms with van der Waals surface area (Å²) >= 11 is 0. The highest BCUT2D eigenvalue weighted by Gasteiger charge is 2.35. The van der Waals surface area contributed by atoms with Crippen molar-refractivity contribution in [1.82, 2.24) is 9.88 Å². The minimum Gasteiger partial charge on any atom is -0.370 e. The van der Waals surface area contributed by atoms with Crippen LogP contribution in [0.4, 0.5) is 19.0 Å². The number of pyridine rings is 1. The third-order valence-corrected chi connectivity index (χ3v) is 2.76. The molecule has 0 saturated carbocycles. The fraction of sp³-hybridized carbons (Fsp3) is 0.571. The molecule has 21 heavy (non-hydrogen) atoms. The van der Waals surface area contributed by atoms with Gasteiger partial charge in [-0.25, -0.2) is 4.98 Å². The standard InChI is InChI=1S/C14H20F3N3O/c1-4-8-18-12-7-5-6-11(19-12)13(21)20(10(2)3)9-14(15,16)17/h5-7,10H,4,8-9H2,1-3H3,(H,18,19). The molecule has 0 aliphatic rings. The summed E-state index contributed by atoms with van der Waals surface area (Å²) in [5, 5.41) is 3.00. The van der Waals surface area contributed by atoms with E-state index in [1.165, 1.54) is 6.07 Å². The van der Waals surface area contributed by atoms with E-state index in [9.17, 15) is 18.0 Å². The van der Waals surface area contributed by atoms with Crippen LogP contribution in [0, 0.1) is 0 Å². The zero-order valence-corrected chi connectivity index (χ0v) is 12.4. The molecule has 0 unspecified atom stereocenters. The van der Waals surface area contributed by atoms with E-state index in [4.69, 9.17) is 0 Å². The summed E-state index contributed by atoms with van der Waals surface area (Å²) in [6.45, 7) is 4.47. The lowest BCUT2D eigenvalue weighted by Crippen LogP contribution is -2.43. The molecular formula is C14H20F3N3O. The van der Waals surface area contributed by atoms with Gasteiger partial charge in [-0.2, -0.15) is 13.2 Å². The molecule has 1 rings (SSSR count). The third-order valence-electron chi connectivity index (χ3n) is 2.76. The Labute approximate surface area is 122 Å². The van der Waals surface area contributed by atoms with Gasteiger partial charge in [-0.3, -0.25) is 4.79 Å². The molecule has 0 radical (unpaired) electrons. The molecule has 0 atom stereocenters. The van der Waals surface area contributed by atoms with Crippen molar-refractivity contribution in [2.75, 3.05) is 18.4 Å². The molecule has 1 amide bonds. The molecule has 0 aliphatic carbocycles. The molecule has 1 heterocycles. The molecule has 0 saturated heterocycles. The summed E-state index contributed by atoms with van der Waals surface area (Å²) in [4.78, 5) is 17.1. The number of amides is 1. The van der Waals surface area contributed by atoms with Crippen LogP contribution < -0.4 is 5.32 Å². The summed E-state index contributed by atoms with van der Waals surface area (Å²) in [5.41, 5.74) is 0.00838. The van der Waals surface area contributed by atoms with E-state index in [2.05, 4.69) is 10.3 Å². The number of halogens is 3.